The van der Waals surface area contributed by atoms with Gasteiger partial charge < -0.3 is 9.88 Å². The minimum absolute atomic E-state index is 0.260. The second-order valence-electron chi connectivity index (χ2n) is 4.36. The van der Waals surface area contributed by atoms with Crippen LogP contribution in [0.3, 0.4) is 0 Å². The fraction of sp³-hybridized carbons (Fsp3) is 0.286. The van der Waals surface area contributed by atoms with E-state index in [9.17, 15) is 9.59 Å². The second kappa shape index (κ2) is 6.15. The molecule has 2 rings (SSSR count). The number of nitrogens with zero attached hydrogens (tertiary/aromatic N) is 2. The number of rotatable bonds is 5. The van der Waals surface area contributed by atoms with Crippen LogP contribution in [-0.4, -0.2) is 15.7 Å². The van der Waals surface area contributed by atoms with Gasteiger partial charge in [-0.05, 0) is 5.56 Å². The van der Waals surface area contributed by atoms with Crippen LogP contribution in [0.25, 0.3) is 0 Å². The maximum Gasteiger partial charge on any atom is 0.330 e. The first kappa shape index (κ1) is 13.3. The minimum atomic E-state index is -0.283. The van der Waals surface area contributed by atoms with Crippen LogP contribution in [0.4, 0.5) is 0 Å². The number of hydrogen-bond donors (Lipinski definition) is 1. The maximum atomic E-state index is 11.8. The molecule has 5 heteroatoms. The Kier molecular flexibility index (Phi) is 4.30. The normalized spacial score (nSPS) is 10.6. The zero-order chi connectivity index (χ0) is 13.7. The van der Waals surface area contributed by atoms with Crippen molar-refractivity contribution in [2.75, 3.05) is 6.54 Å². The SMILES string of the molecule is Cn1ccc(=O)n(CCNCc2ccccc2)c1=O. The summed E-state index contributed by atoms with van der Waals surface area (Å²) in [7, 11) is 1.63. The molecule has 0 aliphatic heterocycles. The molecule has 0 saturated carbocycles. The van der Waals surface area contributed by atoms with Gasteiger partial charge in [0.1, 0.15) is 0 Å². The summed E-state index contributed by atoms with van der Waals surface area (Å²) in [5.41, 5.74) is 0.634. The lowest BCUT2D eigenvalue weighted by Gasteiger charge is -2.07. The molecule has 2 aromatic rings. The predicted octanol–water partition coefficient (Wildman–Crippen LogP) is 0.337. The van der Waals surface area contributed by atoms with Gasteiger partial charge in [0.05, 0.1) is 0 Å². The third-order valence-corrected chi connectivity index (χ3v) is 2.92. The van der Waals surface area contributed by atoms with Crippen LogP contribution in [-0.2, 0) is 20.1 Å². The van der Waals surface area contributed by atoms with Crippen molar-refractivity contribution in [3.05, 3.63) is 69.0 Å². The summed E-state index contributed by atoms with van der Waals surface area (Å²) in [6.45, 7) is 1.68. The van der Waals surface area contributed by atoms with Crippen molar-refractivity contribution in [3.63, 3.8) is 0 Å². The Labute approximate surface area is 111 Å². The van der Waals surface area contributed by atoms with Crippen LogP contribution in [0, 0.1) is 0 Å². The smallest absolute Gasteiger partial charge is 0.311 e. The van der Waals surface area contributed by atoms with Gasteiger partial charge in [0.2, 0.25) is 0 Å². The van der Waals surface area contributed by atoms with Gasteiger partial charge in [-0.25, -0.2) is 4.79 Å². The summed E-state index contributed by atoms with van der Waals surface area (Å²) in [4.78, 5) is 23.3. The molecule has 0 saturated heterocycles. The first-order valence-electron chi connectivity index (χ1n) is 6.19. The topological polar surface area (TPSA) is 56.0 Å². The zero-order valence-electron chi connectivity index (χ0n) is 10.9. The second-order valence-corrected chi connectivity index (χ2v) is 4.36. The first-order chi connectivity index (χ1) is 9.18. The quantitative estimate of drug-likeness (QED) is 0.788. The number of benzene rings is 1. The van der Waals surface area contributed by atoms with E-state index in [1.165, 1.54) is 27.0 Å². The summed E-state index contributed by atoms with van der Waals surface area (Å²) >= 11 is 0. The Bertz CT molecular complexity index is 644. The van der Waals surface area contributed by atoms with E-state index in [0.29, 0.717) is 13.1 Å². The van der Waals surface area contributed by atoms with Crippen LogP contribution in [0.5, 0.6) is 0 Å². The Hall–Kier alpha value is -2.14. The van der Waals surface area contributed by atoms with E-state index >= 15 is 0 Å². The maximum absolute atomic E-state index is 11.8. The molecule has 1 aromatic heterocycles. The van der Waals surface area contributed by atoms with Gasteiger partial charge in [0, 0.05) is 38.9 Å². The summed E-state index contributed by atoms with van der Waals surface area (Å²) in [6, 6.07) is 11.4. The van der Waals surface area contributed by atoms with Crippen LogP contribution >= 0.6 is 0 Å². The van der Waals surface area contributed by atoms with E-state index in [0.717, 1.165) is 6.54 Å². The summed E-state index contributed by atoms with van der Waals surface area (Å²) in [5.74, 6) is 0. The molecule has 0 aliphatic carbocycles. The first-order valence-corrected chi connectivity index (χ1v) is 6.19. The minimum Gasteiger partial charge on any atom is -0.311 e. The number of aryl methyl sites for hydroxylation is 1. The van der Waals surface area contributed by atoms with E-state index in [1.54, 1.807) is 7.05 Å². The fourth-order valence-corrected chi connectivity index (χ4v) is 1.84. The zero-order valence-corrected chi connectivity index (χ0v) is 10.9. The lowest BCUT2D eigenvalue weighted by Crippen LogP contribution is -2.40. The van der Waals surface area contributed by atoms with E-state index in [1.807, 2.05) is 30.3 Å². The number of aromatic nitrogens is 2. The van der Waals surface area contributed by atoms with Crippen LogP contribution in [0.1, 0.15) is 5.56 Å². The molecule has 0 bridgehead atoms. The van der Waals surface area contributed by atoms with Gasteiger partial charge in [-0.3, -0.25) is 9.36 Å². The fourth-order valence-electron chi connectivity index (χ4n) is 1.84. The predicted molar refractivity (Wildman–Crippen MR) is 74.1 cm³/mol. The molecule has 1 heterocycles. The van der Waals surface area contributed by atoms with Gasteiger partial charge in [-0.15, -0.1) is 0 Å². The van der Waals surface area contributed by atoms with Gasteiger partial charge in [0.25, 0.3) is 5.56 Å². The average Bonchev–Trinajstić information content (AvgIpc) is 2.43. The largest absolute Gasteiger partial charge is 0.330 e. The van der Waals surface area contributed by atoms with Crippen molar-refractivity contribution in [2.45, 2.75) is 13.1 Å². The molecule has 0 radical (unpaired) electrons. The molecule has 1 aromatic carbocycles. The van der Waals surface area contributed by atoms with Crippen LogP contribution in [0.15, 0.2) is 52.2 Å². The molecular formula is C14H17N3O2. The molecule has 0 amide bonds. The van der Waals surface area contributed by atoms with Crippen molar-refractivity contribution in [1.82, 2.24) is 14.5 Å². The van der Waals surface area contributed by atoms with Crippen molar-refractivity contribution in [3.8, 4) is 0 Å². The van der Waals surface area contributed by atoms with E-state index < -0.39 is 0 Å². The van der Waals surface area contributed by atoms with Gasteiger partial charge in [-0.2, -0.15) is 0 Å². The number of nitrogens with one attached hydrogen (secondary N) is 1. The van der Waals surface area contributed by atoms with Crippen molar-refractivity contribution >= 4 is 0 Å². The standard InChI is InChI=1S/C14H17N3O2/c1-16-9-7-13(18)17(14(16)19)10-8-15-11-12-5-3-2-4-6-12/h2-7,9,15H,8,10-11H2,1H3. The van der Waals surface area contributed by atoms with E-state index in [2.05, 4.69) is 5.32 Å². The summed E-state index contributed by atoms with van der Waals surface area (Å²) in [5, 5.41) is 3.22. The summed E-state index contributed by atoms with van der Waals surface area (Å²) < 4.78 is 2.64. The van der Waals surface area contributed by atoms with Gasteiger partial charge >= 0.3 is 5.69 Å². The highest BCUT2D eigenvalue weighted by Gasteiger charge is 2.01. The Morgan fingerprint density at radius 3 is 2.58 bits per heavy atom. The van der Waals surface area contributed by atoms with Crippen LogP contribution < -0.4 is 16.6 Å². The summed E-state index contributed by atoms with van der Waals surface area (Å²) in [6.07, 6.45) is 1.48. The third-order valence-electron chi connectivity index (χ3n) is 2.92. The molecule has 0 fully saturated rings. The van der Waals surface area contributed by atoms with E-state index in [-0.39, 0.29) is 11.2 Å². The lowest BCUT2D eigenvalue weighted by molar-refractivity contribution is 0.545. The highest BCUT2D eigenvalue weighted by molar-refractivity contribution is 5.14. The lowest BCUT2D eigenvalue weighted by atomic mass is 10.2. The molecule has 0 spiro atoms. The highest BCUT2D eigenvalue weighted by Crippen LogP contribution is 1.96. The average molecular weight is 259 g/mol. The van der Waals surface area contributed by atoms with E-state index in [4.69, 9.17) is 0 Å². The molecule has 19 heavy (non-hydrogen) atoms. The van der Waals surface area contributed by atoms with Crippen molar-refractivity contribution in [2.24, 2.45) is 7.05 Å². The third kappa shape index (κ3) is 3.42. The van der Waals surface area contributed by atoms with Gasteiger partial charge in [0.15, 0.2) is 0 Å². The Balaban J connectivity index is 1.92. The molecule has 0 unspecified atom stereocenters. The molecule has 5 nitrogen and oxygen atoms in total. The molecule has 0 aliphatic rings. The molecule has 100 valence electrons. The van der Waals surface area contributed by atoms with Crippen LogP contribution in [0.2, 0.25) is 0 Å². The Morgan fingerprint density at radius 1 is 1.11 bits per heavy atom. The number of hydrogen-bond acceptors (Lipinski definition) is 3. The highest BCUT2D eigenvalue weighted by atomic mass is 16.2. The molecule has 1 N–H and O–H groups in total. The monoisotopic (exact) mass is 259 g/mol. The Morgan fingerprint density at radius 2 is 1.84 bits per heavy atom. The molecular weight excluding hydrogens is 242 g/mol. The van der Waals surface area contributed by atoms with Gasteiger partial charge in [-0.1, -0.05) is 30.3 Å². The molecule has 0 atom stereocenters. The van der Waals surface area contributed by atoms with Crippen molar-refractivity contribution in [1.29, 1.82) is 0 Å². The van der Waals surface area contributed by atoms with Crippen molar-refractivity contribution < 1.29 is 0 Å².